The highest BCUT2D eigenvalue weighted by Gasteiger charge is 2.48. The lowest BCUT2D eigenvalue weighted by molar-refractivity contribution is -0.0236. The molecule has 2 aliphatic heterocycles. The van der Waals surface area contributed by atoms with E-state index in [2.05, 4.69) is 0 Å². The van der Waals surface area contributed by atoms with Gasteiger partial charge in [0.15, 0.2) is 0 Å². The van der Waals surface area contributed by atoms with Gasteiger partial charge in [-0.25, -0.2) is 26.0 Å². The molecule has 4 nitrogen and oxygen atoms in total. The average Bonchev–Trinajstić information content (AvgIpc) is 3.04. The second-order valence-electron chi connectivity index (χ2n) is 8.53. The van der Waals surface area contributed by atoms with Crippen molar-refractivity contribution in [2.24, 2.45) is 0 Å². The largest absolute Gasteiger partial charge is 0.297 e. The van der Waals surface area contributed by atoms with Gasteiger partial charge in [-0.05, 0) is 49.7 Å². The molecule has 31 heavy (non-hydrogen) atoms. The van der Waals surface area contributed by atoms with E-state index in [1.165, 1.54) is 16.4 Å². The highest BCUT2D eigenvalue weighted by molar-refractivity contribution is 7.92. The fraction of sp³-hybridized carbons (Fsp3) is 0.455. The van der Waals surface area contributed by atoms with E-state index in [0.29, 0.717) is 31.6 Å². The topological polar surface area (TPSA) is 40.6 Å². The van der Waals surface area contributed by atoms with Crippen LogP contribution in [0.5, 0.6) is 0 Å². The third kappa shape index (κ3) is 4.17. The summed E-state index contributed by atoms with van der Waals surface area (Å²) in [5, 5.41) is 0. The van der Waals surface area contributed by atoms with E-state index >= 15 is 0 Å². The van der Waals surface area contributed by atoms with Crippen LogP contribution < -0.4 is 4.31 Å². The zero-order valence-corrected chi connectivity index (χ0v) is 17.9. The summed E-state index contributed by atoms with van der Waals surface area (Å²) in [6.07, 6.45) is -1.54. The third-order valence-corrected chi connectivity index (χ3v) is 8.00. The third-order valence-electron chi connectivity index (χ3n) is 6.22. The summed E-state index contributed by atoms with van der Waals surface area (Å²) in [7, 11) is -3.96. The highest BCUT2D eigenvalue weighted by atomic mass is 32.2. The molecule has 1 fully saturated rings. The minimum atomic E-state index is -3.96. The molecule has 0 atom stereocenters. The second-order valence-corrected chi connectivity index (χ2v) is 10.4. The predicted molar refractivity (Wildman–Crippen MR) is 110 cm³/mol. The molecule has 0 aromatic heterocycles. The van der Waals surface area contributed by atoms with Gasteiger partial charge in [0.2, 0.25) is 0 Å². The molecular weight excluding hydrogens is 432 g/mol. The molecule has 0 radical (unpaired) electrons. The first-order valence-corrected chi connectivity index (χ1v) is 11.6. The van der Waals surface area contributed by atoms with Gasteiger partial charge >= 0.3 is 0 Å². The Morgan fingerprint density at radius 3 is 2.23 bits per heavy atom. The van der Waals surface area contributed by atoms with Crippen LogP contribution in [0, 0.1) is 0 Å². The number of anilines is 1. The Balaban J connectivity index is 1.63. The van der Waals surface area contributed by atoms with Crippen molar-refractivity contribution in [3.8, 4) is 0 Å². The zero-order chi connectivity index (χ0) is 22.4. The summed E-state index contributed by atoms with van der Waals surface area (Å²) in [4.78, 5) is 1.67. The fourth-order valence-electron chi connectivity index (χ4n) is 4.67. The lowest BCUT2D eigenvalue weighted by Gasteiger charge is -2.40. The Morgan fingerprint density at radius 2 is 1.65 bits per heavy atom. The number of hydrogen-bond donors (Lipinski definition) is 0. The lowest BCUT2D eigenvalue weighted by Crippen LogP contribution is -2.48. The highest BCUT2D eigenvalue weighted by Crippen LogP contribution is 2.48. The Bertz CT molecular complexity index is 1040. The van der Waals surface area contributed by atoms with Crippen LogP contribution in [0.4, 0.5) is 23.2 Å². The number of rotatable bonds is 5. The van der Waals surface area contributed by atoms with E-state index in [9.17, 15) is 26.0 Å². The van der Waals surface area contributed by atoms with Crippen molar-refractivity contribution in [1.82, 2.24) is 4.90 Å². The molecule has 0 aliphatic carbocycles. The van der Waals surface area contributed by atoms with E-state index in [4.69, 9.17) is 0 Å². The van der Waals surface area contributed by atoms with Crippen LogP contribution in [0.1, 0.15) is 37.3 Å². The van der Waals surface area contributed by atoms with Gasteiger partial charge in [-0.2, -0.15) is 0 Å². The standard InChI is InChI=1S/C22H24F4N2O2S/c1-21(25,26)14-27-12-10-22(11-13-27)15-28(19-5-3-2-4-18(19)22)31(29,30)17-8-6-16(7-9-17)20(23)24/h2-9,20H,10-15H2,1H3. The van der Waals surface area contributed by atoms with Gasteiger partial charge in [-0.1, -0.05) is 30.3 Å². The minimum absolute atomic E-state index is 0.0492. The second kappa shape index (κ2) is 7.78. The van der Waals surface area contributed by atoms with E-state index in [-0.39, 0.29) is 23.5 Å². The number of piperidine rings is 1. The monoisotopic (exact) mass is 456 g/mol. The van der Waals surface area contributed by atoms with Crippen LogP contribution in [0.3, 0.4) is 0 Å². The zero-order valence-electron chi connectivity index (χ0n) is 17.1. The molecule has 9 heteroatoms. The van der Waals surface area contributed by atoms with Gasteiger partial charge in [0.05, 0.1) is 17.1 Å². The summed E-state index contributed by atoms with van der Waals surface area (Å²) in [5.41, 5.74) is 0.768. The number of para-hydroxylation sites is 1. The number of fused-ring (bicyclic) bond motifs is 2. The van der Waals surface area contributed by atoms with Crippen LogP contribution >= 0.6 is 0 Å². The fourth-order valence-corrected chi connectivity index (χ4v) is 6.24. The SMILES string of the molecule is CC(F)(F)CN1CCC2(CC1)CN(S(=O)(=O)c1ccc(C(F)F)cc1)c1ccccc12. The Hall–Kier alpha value is -2.13. The van der Waals surface area contributed by atoms with Crippen molar-refractivity contribution in [2.75, 3.05) is 30.5 Å². The first-order valence-electron chi connectivity index (χ1n) is 10.1. The summed E-state index contributed by atoms with van der Waals surface area (Å²) in [6, 6.07) is 11.9. The molecule has 2 aromatic carbocycles. The normalized spacial score (nSPS) is 19.2. The summed E-state index contributed by atoms with van der Waals surface area (Å²) >= 11 is 0. The van der Waals surface area contributed by atoms with Crippen LogP contribution in [-0.2, 0) is 15.4 Å². The summed E-state index contributed by atoms with van der Waals surface area (Å²) in [6.45, 7) is 1.70. The molecule has 2 aromatic rings. The van der Waals surface area contributed by atoms with Crippen molar-refractivity contribution < 1.29 is 26.0 Å². The molecule has 1 spiro atoms. The molecule has 1 saturated heterocycles. The van der Waals surface area contributed by atoms with Gasteiger partial charge < -0.3 is 0 Å². The van der Waals surface area contributed by atoms with Crippen molar-refractivity contribution >= 4 is 15.7 Å². The first kappa shape index (κ1) is 22.1. The van der Waals surface area contributed by atoms with E-state index in [1.807, 2.05) is 12.1 Å². The molecule has 0 saturated carbocycles. The number of benzene rings is 2. The molecule has 168 valence electrons. The van der Waals surface area contributed by atoms with E-state index < -0.39 is 27.8 Å². The number of hydrogen-bond acceptors (Lipinski definition) is 3. The Labute approximate surface area is 179 Å². The van der Waals surface area contributed by atoms with Crippen LogP contribution in [0.2, 0.25) is 0 Å². The van der Waals surface area contributed by atoms with E-state index in [0.717, 1.165) is 24.6 Å². The van der Waals surface area contributed by atoms with Crippen LogP contribution in [-0.4, -0.2) is 45.4 Å². The average molecular weight is 457 g/mol. The predicted octanol–water partition coefficient (Wildman–Crippen LogP) is 4.82. The number of halogens is 4. The van der Waals surface area contributed by atoms with Crippen molar-refractivity contribution in [2.45, 2.75) is 42.4 Å². The summed E-state index contributed by atoms with van der Waals surface area (Å²) < 4.78 is 80.7. The minimum Gasteiger partial charge on any atom is -0.297 e. The molecule has 0 amide bonds. The van der Waals surface area contributed by atoms with Gasteiger partial charge in [-0.3, -0.25) is 9.21 Å². The Kier molecular flexibility index (Phi) is 5.54. The molecule has 0 N–H and O–H groups in total. The number of sulfonamides is 1. The van der Waals surface area contributed by atoms with Gasteiger partial charge in [0.1, 0.15) is 0 Å². The molecule has 2 heterocycles. The first-order chi connectivity index (χ1) is 14.5. The summed E-state index contributed by atoms with van der Waals surface area (Å²) in [5.74, 6) is -2.78. The lowest BCUT2D eigenvalue weighted by atomic mass is 9.74. The molecule has 2 aliphatic rings. The number of likely N-dealkylation sites (tertiary alicyclic amines) is 1. The smallest absolute Gasteiger partial charge is 0.264 e. The quantitative estimate of drug-likeness (QED) is 0.606. The molecular formula is C22H24F4N2O2S. The van der Waals surface area contributed by atoms with Crippen LogP contribution in [0.25, 0.3) is 0 Å². The maximum atomic E-state index is 13.4. The number of nitrogens with zero attached hydrogens (tertiary/aromatic N) is 2. The van der Waals surface area contributed by atoms with Crippen molar-refractivity contribution in [3.63, 3.8) is 0 Å². The van der Waals surface area contributed by atoms with Gasteiger partial charge in [0, 0.05) is 24.4 Å². The van der Waals surface area contributed by atoms with Crippen molar-refractivity contribution in [1.29, 1.82) is 0 Å². The van der Waals surface area contributed by atoms with Gasteiger partial charge in [0.25, 0.3) is 22.4 Å². The number of alkyl halides is 4. The molecule has 0 bridgehead atoms. The Morgan fingerprint density at radius 1 is 1.03 bits per heavy atom. The van der Waals surface area contributed by atoms with Crippen LogP contribution in [0.15, 0.2) is 53.4 Å². The molecule has 0 unspecified atom stereocenters. The van der Waals surface area contributed by atoms with Gasteiger partial charge in [-0.15, -0.1) is 0 Å². The maximum absolute atomic E-state index is 13.4. The maximum Gasteiger partial charge on any atom is 0.264 e. The van der Waals surface area contributed by atoms with E-state index in [1.54, 1.807) is 17.0 Å². The van der Waals surface area contributed by atoms with Crippen molar-refractivity contribution in [3.05, 3.63) is 59.7 Å². The molecule has 4 rings (SSSR count).